The van der Waals surface area contributed by atoms with Crippen molar-refractivity contribution in [1.29, 1.82) is 0 Å². The van der Waals surface area contributed by atoms with Gasteiger partial charge in [-0.2, -0.15) is 4.98 Å². The minimum absolute atomic E-state index is 0.255. The molecule has 20 heavy (non-hydrogen) atoms. The molecule has 1 N–H and O–H groups in total. The molecular weight excluding hydrogens is 278 g/mol. The SMILES string of the molecule is O[C@H]1CCCN(Cc2nc(-c3ccccc3Cl)no2)C1. The van der Waals surface area contributed by atoms with E-state index in [1.54, 1.807) is 6.07 Å². The van der Waals surface area contributed by atoms with Crippen LogP contribution in [0.5, 0.6) is 0 Å². The molecule has 1 fully saturated rings. The van der Waals surface area contributed by atoms with Gasteiger partial charge in [-0.1, -0.05) is 28.9 Å². The van der Waals surface area contributed by atoms with Crippen molar-refractivity contribution >= 4 is 11.6 Å². The Morgan fingerprint density at radius 2 is 2.25 bits per heavy atom. The van der Waals surface area contributed by atoms with Gasteiger partial charge in [-0.15, -0.1) is 0 Å². The highest BCUT2D eigenvalue weighted by atomic mass is 35.5. The highest BCUT2D eigenvalue weighted by Crippen LogP contribution is 2.25. The zero-order valence-corrected chi connectivity index (χ0v) is 11.8. The summed E-state index contributed by atoms with van der Waals surface area (Å²) in [6.45, 7) is 2.17. The van der Waals surface area contributed by atoms with Crippen LogP contribution >= 0.6 is 11.6 Å². The number of benzene rings is 1. The van der Waals surface area contributed by atoms with Gasteiger partial charge >= 0.3 is 0 Å². The molecule has 2 aromatic rings. The second kappa shape index (κ2) is 5.91. The zero-order valence-electron chi connectivity index (χ0n) is 11.0. The second-order valence-corrected chi connectivity index (χ2v) is 5.43. The summed E-state index contributed by atoms with van der Waals surface area (Å²) in [6, 6.07) is 7.41. The Kier molecular flexibility index (Phi) is 4.00. The Hall–Kier alpha value is -1.43. The van der Waals surface area contributed by atoms with Crippen LogP contribution in [0.1, 0.15) is 18.7 Å². The maximum absolute atomic E-state index is 9.65. The Morgan fingerprint density at radius 3 is 3.05 bits per heavy atom. The molecule has 1 atom stereocenters. The molecule has 0 unspecified atom stereocenters. The molecule has 1 aromatic heterocycles. The molecule has 106 valence electrons. The summed E-state index contributed by atoms with van der Waals surface area (Å²) in [4.78, 5) is 6.50. The maximum Gasteiger partial charge on any atom is 0.241 e. The molecule has 0 bridgehead atoms. The van der Waals surface area contributed by atoms with Gasteiger partial charge in [-0.05, 0) is 31.5 Å². The number of rotatable bonds is 3. The van der Waals surface area contributed by atoms with Gasteiger partial charge in [0.15, 0.2) is 0 Å². The largest absolute Gasteiger partial charge is 0.392 e. The normalized spacial score (nSPS) is 20.2. The van der Waals surface area contributed by atoms with E-state index in [1.165, 1.54) is 0 Å². The van der Waals surface area contributed by atoms with Crippen molar-refractivity contribution in [3.8, 4) is 11.4 Å². The first-order valence-corrected chi connectivity index (χ1v) is 7.08. The van der Waals surface area contributed by atoms with Crippen molar-refractivity contribution in [2.75, 3.05) is 13.1 Å². The number of hydrogen-bond donors (Lipinski definition) is 1. The van der Waals surface area contributed by atoms with Gasteiger partial charge in [-0.25, -0.2) is 0 Å². The number of hydrogen-bond acceptors (Lipinski definition) is 5. The third-order valence-electron chi connectivity index (χ3n) is 3.42. The van der Waals surface area contributed by atoms with Crippen molar-refractivity contribution in [3.63, 3.8) is 0 Å². The van der Waals surface area contributed by atoms with Crippen LogP contribution in [0.25, 0.3) is 11.4 Å². The quantitative estimate of drug-likeness (QED) is 0.941. The van der Waals surface area contributed by atoms with Gasteiger partial charge < -0.3 is 9.63 Å². The number of aromatic nitrogens is 2. The summed E-state index contributed by atoms with van der Waals surface area (Å²) in [7, 11) is 0. The molecule has 5 nitrogen and oxygen atoms in total. The molecule has 0 radical (unpaired) electrons. The molecule has 0 aliphatic carbocycles. The fourth-order valence-corrected chi connectivity index (χ4v) is 2.66. The number of piperidine rings is 1. The summed E-state index contributed by atoms with van der Waals surface area (Å²) in [6.07, 6.45) is 1.60. The molecule has 0 spiro atoms. The third kappa shape index (κ3) is 3.00. The van der Waals surface area contributed by atoms with Crippen molar-refractivity contribution in [2.24, 2.45) is 0 Å². The van der Waals surface area contributed by atoms with Crippen LogP contribution in [-0.2, 0) is 6.54 Å². The standard InChI is InChI=1S/C14H16ClN3O2/c15-12-6-2-1-5-11(12)14-16-13(20-17-14)9-18-7-3-4-10(19)8-18/h1-2,5-6,10,19H,3-4,7-9H2/t10-/m0/s1. The van der Waals surface area contributed by atoms with Gasteiger partial charge in [0.1, 0.15) is 0 Å². The fourth-order valence-electron chi connectivity index (χ4n) is 2.44. The summed E-state index contributed by atoms with van der Waals surface area (Å²) < 4.78 is 5.27. The molecule has 6 heteroatoms. The molecule has 0 saturated carbocycles. The Labute approximate surface area is 122 Å². The number of nitrogens with zero attached hydrogens (tertiary/aromatic N) is 3. The summed E-state index contributed by atoms with van der Waals surface area (Å²) >= 11 is 6.11. The highest BCUT2D eigenvalue weighted by molar-refractivity contribution is 6.33. The minimum Gasteiger partial charge on any atom is -0.392 e. The molecule has 3 rings (SSSR count). The first-order chi connectivity index (χ1) is 9.72. The van der Waals surface area contributed by atoms with Crippen LogP contribution in [-0.4, -0.2) is 39.3 Å². The van der Waals surface area contributed by atoms with E-state index < -0.39 is 0 Å². The van der Waals surface area contributed by atoms with E-state index in [9.17, 15) is 5.11 Å². The van der Waals surface area contributed by atoms with Crippen LogP contribution in [0.2, 0.25) is 5.02 Å². The van der Waals surface area contributed by atoms with Crippen LogP contribution in [0.3, 0.4) is 0 Å². The summed E-state index contributed by atoms with van der Waals surface area (Å²) in [5.74, 6) is 1.05. The predicted molar refractivity (Wildman–Crippen MR) is 75.3 cm³/mol. The van der Waals surface area contributed by atoms with Gasteiger partial charge in [0.2, 0.25) is 11.7 Å². The van der Waals surface area contributed by atoms with Crippen molar-refractivity contribution in [2.45, 2.75) is 25.5 Å². The Bertz CT molecular complexity index is 587. The van der Waals surface area contributed by atoms with Gasteiger partial charge in [-0.3, -0.25) is 4.90 Å². The highest BCUT2D eigenvalue weighted by Gasteiger charge is 2.20. The molecular formula is C14H16ClN3O2. The predicted octanol–water partition coefficient (Wildman–Crippen LogP) is 2.35. The van der Waals surface area contributed by atoms with Gasteiger partial charge in [0.25, 0.3) is 0 Å². The molecule has 1 aromatic carbocycles. The van der Waals surface area contributed by atoms with Gasteiger partial charge in [0, 0.05) is 12.1 Å². The zero-order chi connectivity index (χ0) is 13.9. The van der Waals surface area contributed by atoms with E-state index in [1.807, 2.05) is 18.2 Å². The monoisotopic (exact) mass is 293 g/mol. The average molecular weight is 294 g/mol. The van der Waals surface area contributed by atoms with E-state index in [0.717, 1.165) is 24.9 Å². The van der Waals surface area contributed by atoms with E-state index in [4.69, 9.17) is 16.1 Å². The lowest BCUT2D eigenvalue weighted by Crippen LogP contribution is -2.37. The van der Waals surface area contributed by atoms with Crippen molar-refractivity contribution in [1.82, 2.24) is 15.0 Å². The number of aliphatic hydroxyl groups excluding tert-OH is 1. The molecule has 1 aliphatic heterocycles. The first kappa shape index (κ1) is 13.5. The van der Waals surface area contributed by atoms with E-state index in [-0.39, 0.29) is 6.10 Å². The van der Waals surface area contributed by atoms with E-state index >= 15 is 0 Å². The molecule has 1 aliphatic rings. The minimum atomic E-state index is -0.255. The number of halogens is 1. The summed E-state index contributed by atoms with van der Waals surface area (Å²) in [5.41, 5.74) is 0.767. The van der Waals surface area contributed by atoms with Gasteiger partial charge in [0.05, 0.1) is 17.7 Å². The fraction of sp³-hybridized carbons (Fsp3) is 0.429. The maximum atomic E-state index is 9.65. The van der Waals surface area contributed by atoms with Crippen LogP contribution in [0.4, 0.5) is 0 Å². The Balaban J connectivity index is 1.72. The lowest BCUT2D eigenvalue weighted by molar-refractivity contribution is 0.0613. The van der Waals surface area contributed by atoms with Crippen LogP contribution in [0, 0.1) is 0 Å². The average Bonchev–Trinajstić information content (AvgIpc) is 2.87. The Morgan fingerprint density at radius 1 is 1.40 bits per heavy atom. The molecule has 2 heterocycles. The molecule has 1 saturated heterocycles. The van der Waals surface area contributed by atoms with Crippen molar-refractivity contribution in [3.05, 3.63) is 35.2 Å². The molecule has 0 amide bonds. The lowest BCUT2D eigenvalue weighted by atomic mass is 10.1. The van der Waals surface area contributed by atoms with Crippen molar-refractivity contribution < 1.29 is 9.63 Å². The van der Waals surface area contributed by atoms with E-state index in [0.29, 0.717) is 29.8 Å². The van der Waals surface area contributed by atoms with Crippen LogP contribution < -0.4 is 0 Å². The summed E-state index contributed by atoms with van der Waals surface area (Å²) in [5, 5.41) is 14.2. The first-order valence-electron chi connectivity index (χ1n) is 6.70. The third-order valence-corrected chi connectivity index (χ3v) is 3.75. The smallest absolute Gasteiger partial charge is 0.241 e. The van der Waals surface area contributed by atoms with E-state index in [2.05, 4.69) is 15.0 Å². The second-order valence-electron chi connectivity index (χ2n) is 5.02. The number of likely N-dealkylation sites (tertiary alicyclic amines) is 1. The topological polar surface area (TPSA) is 62.4 Å². The number of aliphatic hydroxyl groups is 1. The lowest BCUT2D eigenvalue weighted by Gasteiger charge is -2.28. The van der Waals surface area contributed by atoms with Crippen LogP contribution in [0.15, 0.2) is 28.8 Å². The number of β-amino-alcohol motifs (C(OH)–C–C–N with tert-alkyl or cyclic N) is 1.